The van der Waals surface area contributed by atoms with Gasteiger partial charge in [0.25, 0.3) is 0 Å². The first-order valence-corrected chi connectivity index (χ1v) is 6.00. The lowest BCUT2D eigenvalue weighted by Gasteiger charge is -2.43. The number of carbonyl (C=O) groups is 2. The summed E-state index contributed by atoms with van der Waals surface area (Å²) >= 11 is 0. The SMILES string of the molecule is CC(C)(C)OC(=O)N1CCN1C(=O)OC(C)(C)C. The highest BCUT2D eigenvalue weighted by atomic mass is 16.6. The van der Waals surface area contributed by atoms with E-state index in [2.05, 4.69) is 0 Å². The first-order valence-electron chi connectivity index (χ1n) is 6.00. The van der Waals surface area contributed by atoms with Gasteiger partial charge >= 0.3 is 12.2 Å². The molecule has 0 bridgehead atoms. The molecular formula is C12H22N2O4. The molecule has 0 spiro atoms. The van der Waals surface area contributed by atoms with Gasteiger partial charge < -0.3 is 9.47 Å². The lowest BCUT2D eigenvalue weighted by atomic mass is 10.2. The van der Waals surface area contributed by atoms with E-state index in [1.165, 1.54) is 10.0 Å². The van der Waals surface area contributed by atoms with Crippen LogP contribution in [-0.4, -0.2) is 46.5 Å². The van der Waals surface area contributed by atoms with Crippen LogP contribution in [0.4, 0.5) is 9.59 Å². The van der Waals surface area contributed by atoms with E-state index >= 15 is 0 Å². The first kappa shape index (κ1) is 14.6. The molecule has 0 N–H and O–H groups in total. The van der Waals surface area contributed by atoms with Crippen LogP contribution in [0.5, 0.6) is 0 Å². The maximum atomic E-state index is 11.8. The summed E-state index contributed by atoms with van der Waals surface area (Å²) in [5.41, 5.74) is -1.15. The average molecular weight is 258 g/mol. The van der Waals surface area contributed by atoms with Crippen molar-refractivity contribution in [1.82, 2.24) is 10.0 Å². The van der Waals surface area contributed by atoms with Crippen LogP contribution in [0, 0.1) is 0 Å². The molecule has 1 saturated heterocycles. The minimum absolute atomic E-state index is 0.466. The van der Waals surface area contributed by atoms with Crippen molar-refractivity contribution in [2.75, 3.05) is 13.1 Å². The zero-order valence-corrected chi connectivity index (χ0v) is 11.9. The van der Waals surface area contributed by atoms with E-state index in [9.17, 15) is 9.59 Å². The number of amides is 2. The molecule has 6 nitrogen and oxygen atoms in total. The fraction of sp³-hybridized carbons (Fsp3) is 0.833. The smallest absolute Gasteiger partial charge is 0.429 e. The zero-order chi connectivity index (χ0) is 14.1. The number of hydrogen-bond acceptors (Lipinski definition) is 4. The fourth-order valence-electron chi connectivity index (χ4n) is 1.31. The third-order valence-corrected chi connectivity index (χ3v) is 2.02. The Morgan fingerprint density at radius 1 is 0.778 bits per heavy atom. The van der Waals surface area contributed by atoms with Gasteiger partial charge in [-0.05, 0) is 41.5 Å². The molecule has 2 amide bonds. The van der Waals surface area contributed by atoms with Crippen LogP contribution in [0.3, 0.4) is 0 Å². The van der Waals surface area contributed by atoms with E-state index in [0.29, 0.717) is 13.1 Å². The van der Waals surface area contributed by atoms with E-state index in [0.717, 1.165) is 0 Å². The van der Waals surface area contributed by atoms with Gasteiger partial charge in [-0.1, -0.05) is 0 Å². The lowest BCUT2D eigenvalue weighted by molar-refractivity contribution is -0.107. The highest BCUT2D eigenvalue weighted by Crippen LogP contribution is 2.19. The predicted molar refractivity (Wildman–Crippen MR) is 65.9 cm³/mol. The van der Waals surface area contributed by atoms with Crippen LogP contribution in [0.15, 0.2) is 0 Å². The van der Waals surface area contributed by atoms with Gasteiger partial charge in [-0.15, -0.1) is 0 Å². The first-order chi connectivity index (χ1) is 7.99. The largest absolute Gasteiger partial charge is 0.442 e. The van der Waals surface area contributed by atoms with Crippen LogP contribution < -0.4 is 0 Å². The minimum Gasteiger partial charge on any atom is -0.442 e. The topological polar surface area (TPSA) is 59.1 Å². The molecule has 0 aromatic rings. The highest BCUT2D eigenvalue weighted by molar-refractivity contribution is 5.76. The molecule has 1 rings (SSSR count). The monoisotopic (exact) mass is 258 g/mol. The van der Waals surface area contributed by atoms with E-state index in [1.807, 2.05) is 0 Å². The summed E-state index contributed by atoms with van der Waals surface area (Å²) in [7, 11) is 0. The summed E-state index contributed by atoms with van der Waals surface area (Å²) in [4.78, 5) is 23.6. The Morgan fingerprint density at radius 3 is 1.22 bits per heavy atom. The van der Waals surface area contributed by atoms with Crippen LogP contribution >= 0.6 is 0 Å². The van der Waals surface area contributed by atoms with Gasteiger partial charge in [0.1, 0.15) is 11.2 Å². The van der Waals surface area contributed by atoms with Gasteiger partial charge in [-0.2, -0.15) is 0 Å². The molecule has 0 unspecified atom stereocenters. The summed E-state index contributed by atoms with van der Waals surface area (Å²) in [5, 5.41) is 2.50. The fourth-order valence-corrected chi connectivity index (χ4v) is 1.31. The molecule has 0 aromatic carbocycles. The van der Waals surface area contributed by atoms with Gasteiger partial charge in [0, 0.05) is 0 Å². The second-order valence-corrected chi connectivity index (χ2v) is 6.21. The molecule has 0 atom stereocenters. The zero-order valence-electron chi connectivity index (χ0n) is 11.9. The van der Waals surface area contributed by atoms with E-state index < -0.39 is 23.4 Å². The number of carbonyl (C=O) groups excluding carboxylic acids is 2. The standard InChI is InChI=1S/C12H22N2O4/c1-11(2,3)17-9(15)13-7-8-14(13)10(16)18-12(4,5)6/h7-8H2,1-6H3. The number of ether oxygens (including phenoxy) is 2. The number of hydrazine groups is 1. The van der Waals surface area contributed by atoms with Crippen molar-refractivity contribution in [2.24, 2.45) is 0 Å². The quantitative estimate of drug-likeness (QED) is 0.669. The Morgan fingerprint density at radius 2 is 1.06 bits per heavy atom. The maximum Gasteiger partial charge on any atom is 0.429 e. The normalized spacial score (nSPS) is 16.1. The van der Waals surface area contributed by atoms with Crippen LogP contribution in [0.2, 0.25) is 0 Å². The Bertz CT molecular complexity index is 307. The highest BCUT2D eigenvalue weighted by Gasteiger charge is 2.39. The number of hydrogen-bond donors (Lipinski definition) is 0. The molecule has 6 heteroatoms. The van der Waals surface area contributed by atoms with Crippen molar-refractivity contribution in [2.45, 2.75) is 52.7 Å². The van der Waals surface area contributed by atoms with Crippen molar-refractivity contribution in [3.8, 4) is 0 Å². The molecule has 1 aliphatic heterocycles. The van der Waals surface area contributed by atoms with Gasteiger partial charge in [0.2, 0.25) is 0 Å². The third kappa shape index (κ3) is 4.09. The van der Waals surface area contributed by atoms with Gasteiger partial charge in [-0.25, -0.2) is 19.6 Å². The minimum atomic E-state index is -0.577. The Kier molecular flexibility index (Phi) is 3.78. The van der Waals surface area contributed by atoms with Gasteiger partial charge in [0.05, 0.1) is 13.1 Å². The van der Waals surface area contributed by atoms with Crippen molar-refractivity contribution in [1.29, 1.82) is 0 Å². The molecule has 104 valence electrons. The molecule has 0 aromatic heterocycles. The number of nitrogens with zero attached hydrogens (tertiary/aromatic N) is 2. The average Bonchev–Trinajstić information content (AvgIpc) is 1.91. The summed E-state index contributed by atoms with van der Waals surface area (Å²) in [6.07, 6.45) is -1.06. The van der Waals surface area contributed by atoms with Crippen LogP contribution in [-0.2, 0) is 9.47 Å². The second kappa shape index (κ2) is 4.66. The van der Waals surface area contributed by atoms with Crippen LogP contribution in [0.1, 0.15) is 41.5 Å². The summed E-state index contributed by atoms with van der Waals surface area (Å²) in [6.45, 7) is 11.6. The Balaban J connectivity index is 2.56. The molecule has 0 radical (unpaired) electrons. The van der Waals surface area contributed by atoms with E-state index in [4.69, 9.17) is 9.47 Å². The molecule has 0 saturated carbocycles. The molecular weight excluding hydrogens is 236 g/mol. The summed E-state index contributed by atoms with van der Waals surface area (Å²) < 4.78 is 10.4. The third-order valence-electron chi connectivity index (χ3n) is 2.02. The maximum absolute atomic E-state index is 11.8. The van der Waals surface area contributed by atoms with E-state index in [-0.39, 0.29) is 0 Å². The van der Waals surface area contributed by atoms with Crippen molar-refractivity contribution in [3.63, 3.8) is 0 Å². The Hall–Kier alpha value is -1.46. The van der Waals surface area contributed by atoms with Gasteiger partial charge in [0.15, 0.2) is 0 Å². The molecule has 1 fully saturated rings. The summed E-state index contributed by atoms with van der Waals surface area (Å²) in [6, 6.07) is 0. The van der Waals surface area contributed by atoms with Crippen molar-refractivity contribution < 1.29 is 19.1 Å². The molecule has 1 aliphatic rings. The van der Waals surface area contributed by atoms with Crippen LogP contribution in [0.25, 0.3) is 0 Å². The van der Waals surface area contributed by atoms with Gasteiger partial charge in [-0.3, -0.25) is 0 Å². The second-order valence-electron chi connectivity index (χ2n) is 6.21. The summed E-state index contributed by atoms with van der Waals surface area (Å²) in [5.74, 6) is 0. The van der Waals surface area contributed by atoms with Crippen molar-refractivity contribution in [3.05, 3.63) is 0 Å². The predicted octanol–water partition coefficient (Wildman–Crippen LogP) is 2.39. The lowest BCUT2D eigenvalue weighted by Crippen LogP contribution is -2.63. The molecule has 1 heterocycles. The molecule has 0 aliphatic carbocycles. The Labute approximate surface area is 108 Å². The number of rotatable bonds is 0. The molecule has 18 heavy (non-hydrogen) atoms. The van der Waals surface area contributed by atoms with Crippen molar-refractivity contribution >= 4 is 12.2 Å². The van der Waals surface area contributed by atoms with E-state index in [1.54, 1.807) is 41.5 Å².